The van der Waals surface area contributed by atoms with Gasteiger partial charge in [0, 0.05) is 24.4 Å². The van der Waals surface area contributed by atoms with Crippen molar-refractivity contribution in [1.29, 1.82) is 0 Å². The lowest BCUT2D eigenvalue weighted by atomic mass is 9.92. The first-order valence-corrected chi connectivity index (χ1v) is 12.4. The molecule has 1 N–H and O–H groups in total. The highest BCUT2D eigenvalue weighted by molar-refractivity contribution is 7.99. The van der Waals surface area contributed by atoms with Crippen LogP contribution in [0, 0.1) is 17.0 Å². The largest absolute Gasteiger partial charge is 0.486 e. The van der Waals surface area contributed by atoms with Crippen molar-refractivity contribution in [3.63, 3.8) is 0 Å². The van der Waals surface area contributed by atoms with Gasteiger partial charge >= 0.3 is 0 Å². The van der Waals surface area contributed by atoms with Crippen molar-refractivity contribution in [2.24, 2.45) is 0 Å². The number of carbonyl (C=O) groups is 1. The van der Waals surface area contributed by atoms with Gasteiger partial charge in [-0.05, 0) is 67.5 Å². The topological polar surface area (TPSA) is 112 Å². The number of ether oxygens (including phenoxy) is 1. The van der Waals surface area contributed by atoms with Crippen LogP contribution in [0.2, 0.25) is 0 Å². The molecule has 0 saturated carbocycles. The average molecular weight is 494 g/mol. The van der Waals surface area contributed by atoms with E-state index < -0.39 is 4.92 Å². The molecule has 0 unspecified atom stereocenters. The van der Waals surface area contributed by atoms with Gasteiger partial charge in [0.05, 0.1) is 10.7 Å². The molecule has 182 valence electrons. The number of hydrogen-bond acceptors (Lipinski definition) is 7. The van der Waals surface area contributed by atoms with Gasteiger partial charge in [-0.1, -0.05) is 23.9 Å². The number of thioether (sulfide) groups is 1. The van der Waals surface area contributed by atoms with Gasteiger partial charge in [-0.15, -0.1) is 16.8 Å². The minimum Gasteiger partial charge on any atom is -0.486 e. The predicted octanol–water partition coefficient (Wildman–Crippen LogP) is 4.87. The number of fused-ring (bicyclic) bond motifs is 1. The van der Waals surface area contributed by atoms with Crippen molar-refractivity contribution in [3.05, 3.63) is 81.7 Å². The molecule has 3 aromatic rings. The Morgan fingerprint density at radius 1 is 1.23 bits per heavy atom. The van der Waals surface area contributed by atoms with Crippen LogP contribution >= 0.6 is 11.8 Å². The molecule has 0 radical (unpaired) electrons. The maximum absolute atomic E-state index is 12.5. The molecule has 0 spiro atoms. The minimum atomic E-state index is -0.464. The van der Waals surface area contributed by atoms with Gasteiger partial charge in [-0.25, -0.2) is 0 Å². The Kier molecular flexibility index (Phi) is 7.81. The molecule has 1 amide bonds. The Hall–Kier alpha value is -3.66. The summed E-state index contributed by atoms with van der Waals surface area (Å²) in [7, 11) is 0. The quantitative estimate of drug-likeness (QED) is 0.186. The maximum Gasteiger partial charge on any atom is 0.269 e. The number of allylic oxidation sites excluding steroid dienone is 1. The number of carbonyl (C=O) groups excluding carboxylic acids is 1. The van der Waals surface area contributed by atoms with E-state index >= 15 is 0 Å². The fourth-order valence-electron chi connectivity index (χ4n) is 4.01. The molecule has 0 atom stereocenters. The second kappa shape index (κ2) is 11.2. The Morgan fingerprint density at radius 2 is 2.03 bits per heavy atom. The smallest absolute Gasteiger partial charge is 0.269 e. The van der Waals surface area contributed by atoms with E-state index in [0.717, 1.165) is 18.6 Å². The van der Waals surface area contributed by atoms with E-state index in [1.165, 1.54) is 53.9 Å². The molecule has 4 rings (SSSR count). The molecule has 1 aromatic heterocycles. The number of benzene rings is 2. The number of nitrogens with zero attached hydrogens (tertiary/aromatic N) is 4. The summed E-state index contributed by atoms with van der Waals surface area (Å²) in [6, 6.07) is 10.6. The highest BCUT2D eigenvalue weighted by Crippen LogP contribution is 2.26. The number of hydrogen-bond donors (Lipinski definition) is 1. The van der Waals surface area contributed by atoms with Crippen LogP contribution < -0.4 is 10.1 Å². The van der Waals surface area contributed by atoms with Gasteiger partial charge in [0.25, 0.3) is 5.69 Å². The second-order valence-corrected chi connectivity index (χ2v) is 9.26. The number of nitro groups is 1. The van der Waals surface area contributed by atoms with Crippen LogP contribution in [0.5, 0.6) is 5.75 Å². The molecule has 0 aliphatic heterocycles. The molecular weight excluding hydrogens is 466 g/mol. The van der Waals surface area contributed by atoms with E-state index in [9.17, 15) is 14.9 Å². The fourth-order valence-corrected chi connectivity index (χ4v) is 4.78. The highest BCUT2D eigenvalue weighted by Gasteiger charge is 2.16. The number of anilines is 1. The Morgan fingerprint density at radius 3 is 2.77 bits per heavy atom. The van der Waals surface area contributed by atoms with Crippen molar-refractivity contribution in [2.45, 2.75) is 50.9 Å². The van der Waals surface area contributed by atoms with Crippen LogP contribution in [-0.4, -0.2) is 31.3 Å². The zero-order valence-electron chi connectivity index (χ0n) is 19.5. The van der Waals surface area contributed by atoms with E-state index in [4.69, 9.17) is 4.74 Å². The average Bonchev–Trinajstić information content (AvgIpc) is 3.24. The van der Waals surface area contributed by atoms with E-state index in [1.807, 2.05) is 10.6 Å². The first-order valence-electron chi connectivity index (χ1n) is 11.4. The lowest BCUT2D eigenvalue weighted by Gasteiger charge is -2.16. The van der Waals surface area contributed by atoms with Crippen molar-refractivity contribution in [2.75, 3.05) is 11.1 Å². The first kappa shape index (κ1) is 24.5. The molecule has 0 saturated heterocycles. The third-order valence-electron chi connectivity index (χ3n) is 5.82. The van der Waals surface area contributed by atoms with Crippen molar-refractivity contribution in [3.8, 4) is 5.75 Å². The molecule has 1 heterocycles. The molecule has 1 aliphatic rings. The highest BCUT2D eigenvalue weighted by atomic mass is 32.2. The summed E-state index contributed by atoms with van der Waals surface area (Å²) < 4.78 is 7.88. The number of rotatable bonds is 10. The van der Waals surface area contributed by atoms with Gasteiger partial charge in [-0.3, -0.25) is 19.5 Å². The molecule has 0 bridgehead atoms. The van der Waals surface area contributed by atoms with Gasteiger partial charge < -0.3 is 10.1 Å². The molecule has 35 heavy (non-hydrogen) atoms. The number of nitro benzene ring substituents is 1. The SMILES string of the molecule is C=CCn1c(COc2ccc3c(c2)CCCC3)nnc1SCC(=O)Nc1ccc([N+](=O)[O-])cc1C. The van der Waals surface area contributed by atoms with Gasteiger partial charge in [0.15, 0.2) is 11.0 Å². The van der Waals surface area contributed by atoms with Crippen LogP contribution in [0.15, 0.2) is 54.2 Å². The number of nitrogens with one attached hydrogen (secondary N) is 1. The third-order valence-corrected chi connectivity index (χ3v) is 6.79. The van der Waals surface area contributed by atoms with Crippen molar-refractivity contribution in [1.82, 2.24) is 14.8 Å². The monoisotopic (exact) mass is 493 g/mol. The summed E-state index contributed by atoms with van der Waals surface area (Å²) >= 11 is 1.26. The van der Waals surface area contributed by atoms with E-state index in [-0.39, 0.29) is 24.0 Å². The summed E-state index contributed by atoms with van der Waals surface area (Å²) in [5, 5.41) is 22.8. The number of amides is 1. The zero-order valence-corrected chi connectivity index (χ0v) is 20.3. The number of aryl methyl sites for hydroxylation is 3. The molecule has 2 aromatic carbocycles. The van der Waals surface area contributed by atoms with Gasteiger partial charge in [0.2, 0.25) is 5.91 Å². The number of non-ortho nitro benzene ring substituents is 1. The minimum absolute atomic E-state index is 0.0162. The van der Waals surface area contributed by atoms with Gasteiger partial charge in [0.1, 0.15) is 12.4 Å². The zero-order chi connectivity index (χ0) is 24.8. The summed E-state index contributed by atoms with van der Waals surface area (Å²) in [6.07, 6.45) is 6.41. The summed E-state index contributed by atoms with van der Waals surface area (Å²) in [5.74, 6) is 1.33. The number of aromatic nitrogens is 3. The lowest BCUT2D eigenvalue weighted by Crippen LogP contribution is -2.15. The molecule has 10 heteroatoms. The predicted molar refractivity (Wildman–Crippen MR) is 135 cm³/mol. The maximum atomic E-state index is 12.5. The molecule has 0 fully saturated rings. The van der Waals surface area contributed by atoms with Crippen molar-refractivity contribution >= 4 is 29.0 Å². The van der Waals surface area contributed by atoms with Gasteiger partial charge in [-0.2, -0.15) is 0 Å². The molecule has 1 aliphatic carbocycles. The van der Waals surface area contributed by atoms with E-state index in [0.29, 0.717) is 28.8 Å². The standard InChI is InChI=1S/C25H27N5O4S/c1-3-12-29-23(15-34-21-10-8-18-6-4-5-7-19(18)14-21)27-28-25(29)35-16-24(31)26-22-11-9-20(30(32)33)13-17(22)2/h3,8-11,13-14H,1,4-7,12,15-16H2,2H3,(H,26,31). The Labute approximate surface area is 207 Å². The van der Waals surface area contributed by atoms with Crippen LogP contribution in [0.3, 0.4) is 0 Å². The van der Waals surface area contributed by atoms with E-state index in [2.05, 4.69) is 34.2 Å². The van der Waals surface area contributed by atoms with E-state index in [1.54, 1.807) is 13.0 Å². The van der Waals surface area contributed by atoms with Crippen LogP contribution in [-0.2, 0) is 30.8 Å². The van der Waals surface area contributed by atoms with Crippen molar-refractivity contribution < 1.29 is 14.5 Å². The first-order chi connectivity index (χ1) is 16.9. The van der Waals surface area contributed by atoms with Crippen LogP contribution in [0.25, 0.3) is 0 Å². The lowest BCUT2D eigenvalue weighted by molar-refractivity contribution is -0.384. The van der Waals surface area contributed by atoms with Crippen LogP contribution in [0.4, 0.5) is 11.4 Å². The normalized spacial score (nSPS) is 12.6. The second-order valence-electron chi connectivity index (χ2n) is 8.32. The molecular formula is C25H27N5O4S. The third kappa shape index (κ3) is 6.07. The summed E-state index contributed by atoms with van der Waals surface area (Å²) in [5.41, 5.74) is 3.89. The molecule has 9 nitrogen and oxygen atoms in total. The summed E-state index contributed by atoms with van der Waals surface area (Å²) in [4.78, 5) is 22.9. The Bertz CT molecular complexity index is 1260. The fraction of sp³-hybridized carbons (Fsp3) is 0.320. The summed E-state index contributed by atoms with van der Waals surface area (Å²) in [6.45, 7) is 6.27. The Balaban J connectivity index is 1.37. The van der Waals surface area contributed by atoms with Crippen LogP contribution in [0.1, 0.15) is 35.4 Å².